The second kappa shape index (κ2) is 7.11. The second-order valence-electron chi connectivity index (χ2n) is 6.04. The van der Waals surface area contributed by atoms with Crippen molar-refractivity contribution in [2.24, 2.45) is 0 Å². The van der Waals surface area contributed by atoms with E-state index in [0.29, 0.717) is 17.0 Å². The number of nitrogens with one attached hydrogen (secondary N) is 1. The summed E-state index contributed by atoms with van der Waals surface area (Å²) in [7, 11) is 0. The summed E-state index contributed by atoms with van der Waals surface area (Å²) in [6, 6.07) is 19.6. The third kappa shape index (κ3) is 3.43. The summed E-state index contributed by atoms with van der Waals surface area (Å²) >= 11 is 0. The summed E-state index contributed by atoms with van der Waals surface area (Å²) in [4.78, 5) is 12.6. The van der Waals surface area contributed by atoms with Crippen molar-refractivity contribution in [1.82, 2.24) is 5.32 Å². The summed E-state index contributed by atoms with van der Waals surface area (Å²) in [5.74, 6) is 0.207. The van der Waals surface area contributed by atoms with Crippen LogP contribution < -0.4 is 5.32 Å². The predicted molar refractivity (Wildman–Crippen MR) is 90.1 cm³/mol. The zero-order valence-corrected chi connectivity index (χ0v) is 13.0. The van der Waals surface area contributed by atoms with Gasteiger partial charge < -0.3 is 5.32 Å². The van der Waals surface area contributed by atoms with E-state index in [4.69, 9.17) is 0 Å². The minimum absolute atomic E-state index is 0.130. The van der Waals surface area contributed by atoms with Crippen LogP contribution in [-0.2, 0) is 0 Å². The van der Waals surface area contributed by atoms with Crippen LogP contribution in [0.15, 0.2) is 54.6 Å². The molecule has 116 valence electrons. The minimum Gasteiger partial charge on any atom is -0.349 e. The Hall–Kier alpha value is -2.60. The standard InChI is InChI=1S/C20H20N2O/c21-14-16-10-4-5-12-18(16)20(23)22-19-13-7-6-11-17(19)15-8-2-1-3-9-15/h1-5,8-10,12,17,19H,6-7,11,13H2,(H,22,23)/t17-,19+/m0/s1. The van der Waals surface area contributed by atoms with Gasteiger partial charge in [-0.1, -0.05) is 55.3 Å². The third-order valence-corrected chi connectivity index (χ3v) is 4.60. The average molecular weight is 304 g/mol. The van der Waals surface area contributed by atoms with E-state index in [9.17, 15) is 10.1 Å². The fourth-order valence-corrected chi connectivity index (χ4v) is 3.43. The molecule has 0 unspecified atom stereocenters. The Balaban J connectivity index is 1.80. The quantitative estimate of drug-likeness (QED) is 0.931. The maximum Gasteiger partial charge on any atom is 0.252 e. The van der Waals surface area contributed by atoms with Gasteiger partial charge >= 0.3 is 0 Å². The molecule has 1 amide bonds. The average Bonchev–Trinajstić information content (AvgIpc) is 2.63. The van der Waals surface area contributed by atoms with Gasteiger partial charge in [0.1, 0.15) is 0 Å². The van der Waals surface area contributed by atoms with E-state index in [0.717, 1.165) is 19.3 Å². The highest BCUT2D eigenvalue weighted by Crippen LogP contribution is 2.33. The molecule has 0 bridgehead atoms. The van der Waals surface area contributed by atoms with Gasteiger partial charge in [0.15, 0.2) is 0 Å². The Morgan fingerprint density at radius 3 is 2.48 bits per heavy atom. The van der Waals surface area contributed by atoms with Gasteiger partial charge in [0.25, 0.3) is 5.91 Å². The molecule has 3 heteroatoms. The summed E-state index contributed by atoms with van der Waals surface area (Å²) in [6.45, 7) is 0. The molecule has 3 nitrogen and oxygen atoms in total. The molecule has 0 aliphatic heterocycles. The maximum absolute atomic E-state index is 12.6. The van der Waals surface area contributed by atoms with Gasteiger partial charge in [-0.05, 0) is 30.5 Å². The Morgan fingerprint density at radius 2 is 1.70 bits per heavy atom. The normalized spacial score (nSPS) is 20.5. The lowest BCUT2D eigenvalue weighted by molar-refractivity contribution is 0.0920. The van der Waals surface area contributed by atoms with Crippen molar-refractivity contribution >= 4 is 5.91 Å². The SMILES string of the molecule is N#Cc1ccccc1C(=O)N[C@@H]1CCCC[C@H]1c1ccccc1. The molecule has 0 radical (unpaired) electrons. The first-order valence-corrected chi connectivity index (χ1v) is 8.14. The summed E-state index contributed by atoms with van der Waals surface area (Å²) < 4.78 is 0. The summed E-state index contributed by atoms with van der Waals surface area (Å²) in [5.41, 5.74) is 2.18. The van der Waals surface area contributed by atoms with Crippen LogP contribution in [0.25, 0.3) is 0 Å². The van der Waals surface area contributed by atoms with Crippen molar-refractivity contribution in [3.8, 4) is 6.07 Å². The van der Waals surface area contributed by atoms with Crippen LogP contribution in [-0.4, -0.2) is 11.9 Å². The number of carbonyl (C=O) groups is 1. The number of benzene rings is 2. The van der Waals surface area contributed by atoms with Crippen LogP contribution in [0.2, 0.25) is 0 Å². The topological polar surface area (TPSA) is 52.9 Å². The van der Waals surface area contributed by atoms with Crippen LogP contribution in [0.5, 0.6) is 0 Å². The largest absolute Gasteiger partial charge is 0.349 e. The first-order chi connectivity index (χ1) is 11.3. The molecule has 0 heterocycles. The number of nitrogens with zero attached hydrogens (tertiary/aromatic N) is 1. The fourth-order valence-electron chi connectivity index (χ4n) is 3.43. The zero-order valence-electron chi connectivity index (χ0n) is 13.0. The smallest absolute Gasteiger partial charge is 0.252 e. The van der Waals surface area contributed by atoms with Crippen LogP contribution in [0, 0.1) is 11.3 Å². The van der Waals surface area contributed by atoms with Gasteiger partial charge in [0, 0.05) is 12.0 Å². The van der Waals surface area contributed by atoms with Crippen LogP contribution in [0.3, 0.4) is 0 Å². The van der Waals surface area contributed by atoms with Crippen LogP contribution in [0.4, 0.5) is 0 Å². The molecule has 1 fully saturated rings. The van der Waals surface area contributed by atoms with Crippen molar-refractivity contribution in [2.75, 3.05) is 0 Å². The van der Waals surface area contributed by atoms with Crippen molar-refractivity contribution in [2.45, 2.75) is 37.6 Å². The highest BCUT2D eigenvalue weighted by Gasteiger charge is 2.28. The van der Waals surface area contributed by atoms with Gasteiger partial charge in [0.05, 0.1) is 17.2 Å². The number of hydrogen-bond acceptors (Lipinski definition) is 2. The van der Waals surface area contributed by atoms with Crippen molar-refractivity contribution < 1.29 is 4.79 Å². The maximum atomic E-state index is 12.6. The van der Waals surface area contributed by atoms with E-state index in [-0.39, 0.29) is 11.9 Å². The van der Waals surface area contributed by atoms with E-state index in [1.807, 2.05) is 18.2 Å². The van der Waals surface area contributed by atoms with E-state index < -0.39 is 0 Å². The molecule has 2 aromatic rings. The number of carbonyl (C=O) groups excluding carboxylic acids is 1. The number of nitriles is 1. The van der Waals surface area contributed by atoms with Crippen LogP contribution in [0.1, 0.15) is 53.1 Å². The second-order valence-corrected chi connectivity index (χ2v) is 6.04. The number of rotatable bonds is 3. The van der Waals surface area contributed by atoms with E-state index in [1.54, 1.807) is 24.3 Å². The predicted octanol–water partition coefficient (Wildman–Crippen LogP) is 4.01. The first kappa shape index (κ1) is 15.3. The Labute approximate surface area is 137 Å². The van der Waals surface area contributed by atoms with Gasteiger partial charge in [-0.3, -0.25) is 4.79 Å². The molecule has 0 aromatic heterocycles. The van der Waals surface area contributed by atoms with Crippen LogP contribution >= 0.6 is 0 Å². The number of amides is 1. The molecule has 2 atom stereocenters. The van der Waals surface area contributed by atoms with Gasteiger partial charge in [-0.15, -0.1) is 0 Å². The molecule has 0 spiro atoms. The van der Waals surface area contributed by atoms with Gasteiger partial charge in [-0.2, -0.15) is 5.26 Å². The molecule has 1 saturated carbocycles. The molecule has 2 aromatic carbocycles. The minimum atomic E-state index is -0.144. The van der Waals surface area contributed by atoms with E-state index >= 15 is 0 Å². The lowest BCUT2D eigenvalue weighted by Crippen LogP contribution is -2.41. The fraction of sp³-hybridized carbons (Fsp3) is 0.300. The van der Waals surface area contributed by atoms with Crippen molar-refractivity contribution in [3.63, 3.8) is 0 Å². The molecule has 0 saturated heterocycles. The van der Waals surface area contributed by atoms with E-state index in [1.165, 1.54) is 12.0 Å². The molecular formula is C20H20N2O. The summed E-state index contributed by atoms with van der Waals surface area (Å²) in [5, 5.41) is 12.3. The summed E-state index contributed by atoms with van der Waals surface area (Å²) in [6.07, 6.45) is 4.41. The molecule has 1 aliphatic carbocycles. The highest BCUT2D eigenvalue weighted by atomic mass is 16.1. The van der Waals surface area contributed by atoms with E-state index in [2.05, 4.69) is 23.5 Å². The highest BCUT2D eigenvalue weighted by molar-refractivity contribution is 5.96. The van der Waals surface area contributed by atoms with Gasteiger partial charge in [-0.25, -0.2) is 0 Å². The Morgan fingerprint density at radius 1 is 1.00 bits per heavy atom. The molecular weight excluding hydrogens is 284 g/mol. The third-order valence-electron chi connectivity index (χ3n) is 4.60. The molecule has 23 heavy (non-hydrogen) atoms. The number of hydrogen-bond donors (Lipinski definition) is 1. The lowest BCUT2D eigenvalue weighted by atomic mass is 9.80. The lowest BCUT2D eigenvalue weighted by Gasteiger charge is -2.32. The monoisotopic (exact) mass is 304 g/mol. The van der Waals surface area contributed by atoms with Crippen molar-refractivity contribution in [1.29, 1.82) is 5.26 Å². The Bertz CT molecular complexity index is 718. The molecule has 1 aliphatic rings. The zero-order chi connectivity index (χ0) is 16.1. The molecule has 1 N–H and O–H groups in total. The Kier molecular flexibility index (Phi) is 4.73. The molecule has 3 rings (SSSR count). The van der Waals surface area contributed by atoms with Gasteiger partial charge in [0.2, 0.25) is 0 Å². The van der Waals surface area contributed by atoms with Crippen molar-refractivity contribution in [3.05, 3.63) is 71.3 Å². The first-order valence-electron chi connectivity index (χ1n) is 8.14.